The number of benzene rings is 2. The third-order valence-corrected chi connectivity index (χ3v) is 7.85. The Kier molecular flexibility index (Phi) is 6.27. The van der Waals surface area contributed by atoms with Crippen molar-refractivity contribution in [2.24, 2.45) is 13.0 Å². The van der Waals surface area contributed by atoms with Gasteiger partial charge in [-0.1, -0.05) is 29.8 Å². The highest BCUT2D eigenvalue weighted by atomic mass is 35.5. The second-order valence-electron chi connectivity index (χ2n) is 10.2. The van der Waals surface area contributed by atoms with Gasteiger partial charge < -0.3 is 5.32 Å². The lowest BCUT2D eigenvalue weighted by Gasteiger charge is -2.29. The number of rotatable bonds is 5. The molecular formula is C29H29ClN6O2. The molecule has 38 heavy (non-hydrogen) atoms. The molecule has 1 amide bonds. The Morgan fingerprint density at radius 3 is 2.63 bits per heavy atom. The van der Waals surface area contributed by atoms with Crippen LogP contribution in [0.2, 0.25) is 5.02 Å². The quantitative estimate of drug-likeness (QED) is 0.347. The molecule has 3 aromatic heterocycles. The lowest BCUT2D eigenvalue weighted by atomic mass is 9.85. The van der Waals surface area contributed by atoms with Crippen LogP contribution < -0.4 is 11.0 Å². The van der Waals surface area contributed by atoms with Crippen molar-refractivity contribution in [1.82, 2.24) is 29.2 Å². The predicted molar refractivity (Wildman–Crippen MR) is 149 cm³/mol. The summed E-state index contributed by atoms with van der Waals surface area (Å²) in [5.74, 6) is 0.216. The molecule has 5 aromatic rings. The van der Waals surface area contributed by atoms with Crippen molar-refractivity contribution < 1.29 is 4.79 Å². The number of aryl methyl sites for hydroxylation is 2. The van der Waals surface area contributed by atoms with Crippen LogP contribution in [0.4, 0.5) is 0 Å². The minimum absolute atomic E-state index is 0.0399. The number of halogens is 1. The zero-order chi connectivity index (χ0) is 26.4. The van der Waals surface area contributed by atoms with Crippen LogP contribution in [0.1, 0.15) is 41.7 Å². The van der Waals surface area contributed by atoms with Gasteiger partial charge in [0.25, 0.3) is 5.91 Å². The fraction of sp³-hybridized carbons (Fsp3) is 0.310. The molecule has 1 aliphatic carbocycles. The molecule has 0 spiro atoms. The first-order chi connectivity index (χ1) is 18.4. The van der Waals surface area contributed by atoms with Crippen molar-refractivity contribution in [1.29, 1.82) is 0 Å². The average Bonchev–Trinajstić information content (AvgIpc) is 3.43. The number of nitrogens with one attached hydrogen (secondary N) is 1. The van der Waals surface area contributed by atoms with Gasteiger partial charge in [-0.05, 0) is 68.9 Å². The number of fused-ring (bicyclic) bond motifs is 2. The van der Waals surface area contributed by atoms with Crippen LogP contribution in [0, 0.1) is 12.8 Å². The molecule has 0 atom stereocenters. The Morgan fingerprint density at radius 1 is 1.08 bits per heavy atom. The lowest BCUT2D eigenvalue weighted by Crippen LogP contribution is -2.39. The van der Waals surface area contributed by atoms with Crippen molar-refractivity contribution >= 4 is 39.4 Å². The number of carbonyl (C=O) groups excluding carboxylic acids is 1. The Balaban J connectivity index is 1.23. The predicted octanol–water partition coefficient (Wildman–Crippen LogP) is 5.02. The van der Waals surface area contributed by atoms with Gasteiger partial charge in [-0.2, -0.15) is 5.10 Å². The highest BCUT2D eigenvalue weighted by molar-refractivity contribution is 6.30. The van der Waals surface area contributed by atoms with E-state index >= 15 is 0 Å². The second-order valence-corrected chi connectivity index (χ2v) is 10.6. The Bertz CT molecular complexity index is 1720. The van der Waals surface area contributed by atoms with E-state index in [4.69, 9.17) is 11.6 Å². The van der Waals surface area contributed by atoms with E-state index in [2.05, 4.69) is 15.4 Å². The lowest BCUT2D eigenvalue weighted by molar-refractivity contribution is 0.0919. The van der Waals surface area contributed by atoms with E-state index in [9.17, 15) is 9.59 Å². The van der Waals surface area contributed by atoms with Gasteiger partial charge in [-0.25, -0.2) is 4.79 Å². The van der Waals surface area contributed by atoms with Gasteiger partial charge in [0.2, 0.25) is 0 Å². The van der Waals surface area contributed by atoms with Crippen molar-refractivity contribution in [2.45, 2.75) is 45.2 Å². The monoisotopic (exact) mass is 528 g/mol. The molecule has 1 saturated carbocycles. The summed E-state index contributed by atoms with van der Waals surface area (Å²) in [6, 6.07) is 15.6. The van der Waals surface area contributed by atoms with Crippen LogP contribution in [-0.2, 0) is 13.6 Å². The number of carbonyl (C=O) groups is 1. The maximum atomic E-state index is 13.9. The fourth-order valence-electron chi connectivity index (χ4n) is 5.71. The molecule has 2 aromatic carbocycles. The van der Waals surface area contributed by atoms with Crippen molar-refractivity contribution in [2.75, 3.05) is 0 Å². The largest absolute Gasteiger partial charge is 0.349 e. The van der Waals surface area contributed by atoms with Gasteiger partial charge in [0.15, 0.2) is 0 Å². The van der Waals surface area contributed by atoms with Gasteiger partial charge in [-0.15, -0.1) is 0 Å². The third-order valence-electron chi connectivity index (χ3n) is 7.64. The molecule has 0 radical (unpaired) electrons. The summed E-state index contributed by atoms with van der Waals surface area (Å²) in [5.41, 5.74) is 4.66. The molecule has 1 fully saturated rings. The van der Waals surface area contributed by atoms with Crippen LogP contribution in [0.5, 0.6) is 0 Å². The van der Waals surface area contributed by atoms with Crippen molar-refractivity contribution in [3.63, 3.8) is 0 Å². The SMILES string of the molecule is Cc1ncc(Cl)cc1C(=O)N[C@H]1CC[C@H](Cn2c(=O)n(-c3cccc4nn(C)cc34)c3ccccc32)CC1. The molecule has 6 rings (SSSR count). The van der Waals surface area contributed by atoms with Crippen LogP contribution >= 0.6 is 11.6 Å². The molecule has 9 heteroatoms. The second kappa shape index (κ2) is 9.76. The number of aromatic nitrogens is 5. The summed E-state index contributed by atoms with van der Waals surface area (Å²) >= 11 is 6.05. The highest BCUT2D eigenvalue weighted by Crippen LogP contribution is 2.29. The summed E-state index contributed by atoms with van der Waals surface area (Å²) in [4.78, 5) is 30.9. The van der Waals surface area contributed by atoms with E-state index in [1.54, 1.807) is 16.9 Å². The molecule has 0 aliphatic heterocycles. The zero-order valence-electron chi connectivity index (χ0n) is 21.4. The number of amides is 1. The van der Waals surface area contributed by atoms with E-state index in [-0.39, 0.29) is 17.6 Å². The van der Waals surface area contributed by atoms with E-state index in [1.807, 2.05) is 71.8 Å². The molecular weight excluding hydrogens is 500 g/mol. The highest BCUT2D eigenvalue weighted by Gasteiger charge is 2.26. The normalized spacial score (nSPS) is 17.8. The van der Waals surface area contributed by atoms with Crippen LogP contribution in [0.15, 0.2) is 65.7 Å². The minimum atomic E-state index is -0.134. The number of hydrogen-bond donors (Lipinski definition) is 1. The van der Waals surface area contributed by atoms with Crippen LogP contribution in [-0.4, -0.2) is 35.8 Å². The molecule has 0 saturated heterocycles. The molecule has 0 bridgehead atoms. The summed E-state index contributed by atoms with van der Waals surface area (Å²) < 4.78 is 5.50. The minimum Gasteiger partial charge on any atom is -0.349 e. The number of imidazole rings is 1. The van der Waals surface area contributed by atoms with Gasteiger partial charge in [0.05, 0.1) is 38.5 Å². The fourth-order valence-corrected chi connectivity index (χ4v) is 5.86. The molecule has 3 heterocycles. The first-order valence-corrected chi connectivity index (χ1v) is 13.3. The van der Waals surface area contributed by atoms with Gasteiger partial charge in [0, 0.05) is 37.4 Å². The van der Waals surface area contributed by atoms with Gasteiger partial charge >= 0.3 is 5.69 Å². The van der Waals surface area contributed by atoms with Crippen LogP contribution in [0.3, 0.4) is 0 Å². The maximum absolute atomic E-state index is 13.9. The first-order valence-electron chi connectivity index (χ1n) is 12.9. The molecule has 0 unspecified atom stereocenters. The first kappa shape index (κ1) is 24.4. The van der Waals surface area contributed by atoms with E-state index in [0.717, 1.165) is 53.3 Å². The number of nitrogens with zero attached hydrogens (tertiary/aromatic N) is 5. The summed E-state index contributed by atoms with van der Waals surface area (Å²) in [6.07, 6.45) is 7.11. The van der Waals surface area contributed by atoms with Crippen molar-refractivity contribution in [3.05, 3.63) is 87.7 Å². The Morgan fingerprint density at radius 2 is 1.84 bits per heavy atom. The smallest absolute Gasteiger partial charge is 0.333 e. The maximum Gasteiger partial charge on any atom is 0.333 e. The number of pyridine rings is 1. The van der Waals surface area contributed by atoms with E-state index in [0.29, 0.717) is 28.7 Å². The summed E-state index contributed by atoms with van der Waals surface area (Å²) in [5, 5.41) is 9.07. The third kappa shape index (κ3) is 4.39. The number of hydrogen-bond acceptors (Lipinski definition) is 4. The van der Waals surface area contributed by atoms with Gasteiger partial charge in [-0.3, -0.25) is 23.6 Å². The topological polar surface area (TPSA) is 86.7 Å². The molecule has 1 aliphatic rings. The Hall–Kier alpha value is -3.91. The van der Waals surface area contributed by atoms with Crippen LogP contribution in [0.25, 0.3) is 27.6 Å². The molecule has 194 valence electrons. The Labute approximate surface area is 224 Å². The number of para-hydroxylation sites is 2. The van der Waals surface area contributed by atoms with E-state index < -0.39 is 0 Å². The van der Waals surface area contributed by atoms with Crippen molar-refractivity contribution in [3.8, 4) is 5.69 Å². The summed E-state index contributed by atoms with van der Waals surface area (Å²) in [6.45, 7) is 2.46. The summed E-state index contributed by atoms with van der Waals surface area (Å²) in [7, 11) is 1.89. The average molecular weight is 529 g/mol. The molecule has 8 nitrogen and oxygen atoms in total. The standard InChI is InChI=1S/C29H29ClN6O2/c1-18-22(14-20(30)15-31-18)28(37)32-21-12-10-19(11-13-21)16-35-26-7-3-4-8-27(26)36(29(35)38)25-9-5-6-24-23(25)17-34(2)33-24/h3-9,14-15,17,19,21H,10-13,16H2,1-2H3,(H,32,37)/t19-,21-. The molecule has 1 N–H and O–H groups in total. The zero-order valence-corrected chi connectivity index (χ0v) is 22.2. The van der Waals surface area contributed by atoms with E-state index in [1.165, 1.54) is 0 Å². The van der Waals surface area contributed by atoms with Gasteiger partial charge in [0.1, 0.15) is 0 Å².